The molecule has 0 bridgehead atoms. The maximum atomic E-state index is 13.1. The van der Waals surface area contributed by atoms with Crippen LogP contribution in [0.15, 0.2) is 34.9 Å². The van der Waals surface area contributed by atoms with Gasteiger partial charge in [-0.25, -0.2) is 18.0 Å². The minimum atomic E-state index is -4.95. The second-order valence-corrected chi connectivity index (χ2v) is 6.66. The highest BCUT2D eigenvalue weighted by Crippen LogP contribution is 2.36. The molecule has 0 amide bonds. The third-order valence-electron chi connectivity index (χ3n) is 2.83. The van der Waals surface area contributed by atoms with Crippen LogP contribution in [-0.4, -0.2) is 40.8 Å². The summed E-state index contributed by atoms with van der Waals surface area (Å²) in [6.07, 6.45) is -3.63. The standard InChI is InChI=1S/C14H14F3NO6S/c1-23-12(19)7-10(13(20)24-2)18-8-4-5-11(25(3,21)22)9(6-8)14(15,16)17/h4-7,18H,1-3H3/b10-7+. The highest BCUT2D eigenvalue weighted by Gasteiger charge is 2.36. The maximum absolute atomic E-state index is 13.1. The van der Waals surface area contributed by atoms with Crippen molar-refractivity contribution in [2.24, 2.45) is 0 Å². The molecular weight excluding hydrogens is 367 g/mol. The predicted octanol–water partition coefficient (Wildman–Crippen LogP) is 1.75. The molecular formula is C14H14F3NO6S. The Hall–Kier alpha value is -2.56. The van der Waals surface area contributed by atoms with Crippen LogP contribution in [0.4, 0.5) is 18.9 Å². The normalized spacial score (nSPS) is 12.5. The third kappa shape index (κ3) is 5.48. The van der Waals surface area contributed by atoms with Gasteiger partial charge in [-0.2, -0.15) is 13.2 Å². The van der Waals surface area contributed by atoms with E-state index in [0.717, 1.165) is 26.4 Å². The Morgan fingerprint density at radius 3 is 2.20 bits per heavy atom. The van der Waals surface area contributed by atoms with Crippen LogP contribution >= 0.6 is 0 Å². The minimum Gasteiger partial charge on any atom is -0.466 e. The van der Waals surface area contributed by atoms with E-state index in [1.807, 2.05) is 0 Å². The average molecular weight is 381 g/mol. The fraction of sp³-hybridized carbons (Fsp3) is 0.286. The van der Waals surface area contributed by atoms with Crippen LogP contribution in [0.3, 0.4) is 0 Å². The lowest BCUT2D eigenvalue weighted by Crippen LogP contribution is -2.17. The van der Waals surface area contributed by atoms with E-state index in [-0.39, 0.29) is 5.69 Å². The van der Waals surface area contributed by atoms with Crippen LogP contribution in [0.25, 0.3) is 0 Å². The molecule has 0 aliphatic heterocycles. The number of anilines is 1. The van der Waals surface area contributed by atoms with Crippen molar-refractivity contribution in [3.05, 3.63) is 35.5 Å². The van der Waals surface area contributed by atoms with Crippen molar-refractivity contribution in [2.45, 2.75) is 11.1 Å². The zero-order valence-corrected chi connectivity index (χ0v) is 14.1. The molecule has 0 radical (unpaired) electrons. The van der Waals surface area contributed by atoms with E-state index in [1.165, 1.54) is 0 Å². The zero-order valence-electron chi connectivity index (χ0n) is 13.3. The SMILES string of the molecule is COC(=O)/C=C(/Nc1ccc(S(C)(=O)=O)c(C(F)(F)F)c1)C(=O)OC. The molecule has 0 atom stereocenters. The Kier molecular flexibility index (Phi) is 6.19. The van der Waals surface area contributed by atoms with Crippen LogP contribution in [0.1, 0.15) is 5.56 Å². The summed E-state index contributed by atoms with van der Waals surface area (Å²) in [4.78, 5) is 21.9. The molecule has 0 saturated heterocycles. The predicted molar refractivity (Wildman–Crippen MR) is 80.3 cm³/mol. The third-order valence-corrected chi connectivity index (χ3v) is 3.99. The Labute approximate surface area is 141 Å². The van der Waals surface area contributed by atoms with E-state index in [4.69, 9.17) is 0 Å². The van der Waals surface area contributed by atoms with Gasteiger partial charge in [0.25, 0.3) is 0 Å². The first kappa shape index (κ1) is 20.5. The molecule has 0 aromatic heterocycles. The van der Waals surface area contributed by atoms with Crippen LogP contribution in [0.5, 0.6) is 0 Å². The van der Waals surface area contributed by atoms with Crippen molar-refractivity contribution in [3.63, 3.8) is 0 Å². The number of sulfone groups is 1. The Balaban J connectivity index is 3.41. The van der Waals surface area contributed by atoms with Gasteiger partial charge in [-0.3, -0.25) is 0 Å². The van der Waals surface area contributed by atoms with Gasteiger partial charge in [0.2, 0.25) is 0 Å². The molecule has 7 nitrogen and oxygen atoms in total. The molecule has 0 fully saturated rings. The summed E-state index contributed by atoms with van der Waals surface area (Å²) in [6, 6.07) is 2.26. The molecule has 1 aromatic rings. The van der Waals surface area contributed by atoms with Gasteiger partial charge in [0.1, 0.15) is 5.70 Å². The summed E-state index contributed by atoms with van der Waals surface area (Å²) in [5.41, 5.74) is -2.18. The molecule has 0 spiro atoms. The summed E-state index contributed by atoms with van der Waals surface area (Å²) >= 11 is 0. The summed E-state index contributed by atoms with van der Waals surface area (Å²) in [5.74, 6) is -1.98. The van der Waals surface area contributed by atoms with Gasteiger partial charge in [0, 0.05) is 11.9 Å². The van der Waals surface area contributed by atoms with Crippen LogP contribution in [0.2, 0.25) is 0 Å². The maximum Gasteiger partial charge on any atom is 0.417 e. The minimum absolute atomic E-state index is 0.278. The molecule has 1 rings (SSSR count). The number of carbonyl (C=O) groups excluding carboxylic acids is 2. The molecule has 0 aliphatic rings. The summed E-state index contributed by atoms with van der Waals surface area (Å²) < 4.78 is 71.1. The second kappa shape index (κ2) is 7.55. The number of rotatable bonds is 5. The van der Waals surface area contributed by atoms with Crippen LogP contribution in [-0.2, 0) is 35.1 Å². The average Bonchev–Trinajstić information content (AvgIpc) is 2.51. The molecule has 0 heterocycles. The number of hydrogen-bond donors (Lipinski definition) is 1. The molecule has 0 aliphatic carbocycles. The number of alkyl halides is 3. The van der Waals surface area contributed by atoms with Gasteiger partial charge in [-0.1, -0.05) is 0 Å². The summed E-state index contributed by atoms with van der Waals surface area (Å²) in [7, 11) is -2.09. The van der Waals surface area contributed by atoms with Crippen LogP contribution in [0, 0.1) is 0 Å². The van der Waals surface area contributed by atoms with Crippen molar-refractivity contribution in [1.29, 1.82) is 0 Å². The number of halogens is 3. The van der Waals surface area contributed by atoms with Gasteiger partial charge < -0.3 is 14.8 Å². The lowest BCUT2D eigenvalue weighted by molar-refractivity contribution is -0.140. The smallest absolute Gasteiger partial charge is 0.417 e. The molecule has 11 heteroatoms. The molecule has 1 N–H and O–H groups in total. The topological polar surface area (TPSA) is 98.8 Å². The lowest BCUT2D eigenvalue weighted by Gasteiger charge is -2.15. The fourth-order valence-corrected chi connectivity index (χ4v) is 2.63. The van der Waals surface area contributed by atoms with E-state index in [0.29, 0.717) is 18.4 Å². The molecule has 138 valence electrons. The quantitative estimate of drug-likeness (QED) is 0.613. The van der Waals surface area contributed by atoms with Gasteiger partial charge in [-0.05, 0) is 18.2 Å². The number of methoxy groups -OCH3 is 2. The number of carbonyl (C=O) groups is 2. The van der Waals surface area contributed by atoms with Gasteiger partial charge >= 0.3 is 18.1 Å². The number of benzene rings is 1. The van der Waals surface area contributed by atoms with Gasteiger partial charge in [-0.15, -0.1) is 0 Å². The summed E-state index contributed by atoms with van der Waals surface area (Å²) in [6.45, 7) is 0. The molecule has 1 aromatic carbocycles. The first-order chi connectivity index (χ1) is 11.4. The van der Waals surface area contributed by atoms with E-state index in [2.05, 4.69) is 14.8 Å². The number of esters is 2. The largest absolute Gasteiger partial charge is 0.466 e. The van der Waals surface area contributed by atoms with Crippen molar-refractivity contribution in [1.82, 2.24) is 0 Å². The van der Waals surface area contributed by atoms with E-state index in [9.17, 15) is 31.2 Å². The Morgan fingerprint density at radius 1 is 1.16 bits per heavy atom. The Morgan fingerprint density at radius 2 is 1.76 bits per heavy atom. The van der Waals surface area contributed by atoms with Crippen LogP contribution < -0.4 is 5.32 Å². The Bertz CT molecular complexity index is 814. The van der Waals surface area contributed by atoms with Gasteiger partial charge in [0.05, 0.1) is 30.8 Å². The number of hydrogen-bond acceptors (Lipinski definition) is 7. The highest BCUT2D eigenvalue weighted by atomic mass is 32.2. The fourth-order valence-electron chi connectivity index (χ4n) is 1.74. The van der Waals surface area contributed by atoms with Crippen molar-refractivity contribution in [3.8, 4) is 0 Å². The highest BCUT2D eigenvalue weighted by molar-refractivity contribution is 7.90. The van der Waals surface area contributed by atoms with E-state index >= 15 is 0 Å². The molecule has 25 heavy (non-hydrogen) atoms. The first-order valence-corrected chi connectivity index (χ1v) is 8.35. The van der Waals surface area contributed by atoms with Gasteiger partial charge in [0.15, 0.2) is 9.84 Å². The number of nitrogens with one attached hydrogen (secondary N) is 1. The van der Waals surface area contributed by atoms with Crippen molar-refractivity contribution < 1.29 is 40.7 Å². The number of ether oxygens (including phenoxy) is 2. The van der Waals surface area contributed by atoms with E-state index in [1.54, 1.807) is 0 Å². The molecule has 0 saturated carbocycles. The molecule has 0 unspecified atom stereocenters. The van der Waals surface area contributed by atoms with Crippen molar-refractivity contribution in [2.75, 3.05) is 25.8 Å². The second-order valence-electron chi connectivity index (χ2n) is 4.68. The lowest BCUT2D eigenvalue weighted by atomic mass is 10.2. The van der Waals surface area contributed by atoms with E-state index < -0.39 is 44.1 Å². The first-order valence-electron chi connectivity index (χ1n) is 6.46. The van der Waals surface area contributed by atoms with Crippen molar-refractivity contribution >= 4 is 27.5 Å². The zero-order chi connectivity index (χ0) is 19.4. The summed E-state index contributed by atoms with van der Waals surface area (Å²) in [5, 5.41) is 2.28. The monoisotopic (exact) mass is 381 g/mol.